The van der Waals surface area contributed by atoms with E-state index in [9.17, 15) is 55.2 Å². The summed E-state index contributed by atoms with van der Waals surface area (Å²) in [7, 11) is 3.22. The molecule has 34 nitrogen and oxygen atoms in total. The highest BCUT2D eigenvalue weighted by Crippen LogP contribution is 2.55. The topological polar surface area (TPSA) is 520 Å². The Kier molecular flexibility index (Phi) is 24.9. The minimum absolute atomic E-state index is 0.0694. The SMILES string of the molecule is CNCCOc1ccc(NC(=O)NC(=O)CC2NC(=O)C(NC(=O)[C@@H](CC(C)C)NC)[C@H](O)c3ccc(c(Cl)c3)Oc3cc4cc(c3O[C@H]3O[C@H](CN)[C@@H](O)[C@H](O)[C@H]3O)Oc3ccc(cc3Cl)[C@@H](O)[C@@H]3NC(=O)[C@H](NC(=O)C4NC2=O)c2ccc(O)c(c2)-c2c(O)cc(O)cc2[C@H](C(=O)NC2C4CC5CC(C4)CC2C5)NC3=O)cc1. The van der Waals surface area contributed by atoms with Crippen LogP contribution in [0.25, 0.3) is 11.1 Å². The summed E-state index contributed by atoms with van der Waals surface area (Å²) < 4.78 is 31.3. The summed E-state index contributed by atoms with van der Waals surface area (Å²) in [5, 5.41) is 123. The smallest absolute Gasteiger partial charge is 0.325 e. The molecule has 10 aliphatic rings. The number of anilines is 1. The number of rotatable bonds is 17. The summed E-state index contributed by atoms with van der Waals surface area (Å²) >= 11 is 14.3. The zero-order valence-electron chi connectivity index (χ0n) is 62.6. The highest BCUT2D eigenvalue weighted by molar-refractivity contribution is 6.32. The second-order valence-electron chi connectivity index (χ2n) is 30.4. The monoisotopic (exact) mass is 1630 g/mol. The summed E-state index contributed by atoms with van der Waals surface area (Å²) in [6.07, 6.45) is -10.2. The van der Waals surface area contributed by atoms with Crippen molar-refractivity contribution in [2.24, 2.45) is 35.3 Å². The number of aliphatic hydroxyl groups is 5. The maximum Gasteiger partial charge on any atom is 0.325 e. The van der Waals surface area contributed by atoms with Gasteiger partial charge in [-0.1, -0.05) is 55.2 Å². The Bertz CT molecular complexity index is 4720. The van der Waals surface area contributed by atoms with E-state index in [4.69, 9.17) is 52.6 Å². The summed E-state index contributed by atoms with van der Waals surface area (Å²) in [6.45, 7) is 4.00. The molecule has 1 saturated heterocycles. The zero-order valence-corrected chi connectivity index (χ0v) is 64.1. The van der Waals surface area contributed by atoms with Gasteiger partial charge in [-0.25, -0.2) is 4.79 Å². The lowest BCUT2D eigenvalue weighted by Crippen LogP contribution is -2.60. The molecule has 3 unspecified atom stereocenters. The van der Waals surface area contributed by atoms with Crippen molar-refractivity contribution in [2.45, 2.75) is 150 Å². The third-order valence-electron chi connectivity index (χ3n) is 22.0. The number of carbonyl (C=O) groups excluding carboxylic acids is 9. The molecule has 4 saturated carbocycles. The van der Waals surface area contributed by atoms with Crippen molar-refractivity contribution >= 4 is 82.2 Å². The highest BCUT2D eigenvalue weighted by atomic mass is 35.5. The molecule has 4 aliphatic carbocycles. The Balaban J connectivity index is 0.986. The first-order valence-corrected chi connectivity index (χ1v) is 38.4. The Morgan fingerprint density at radius 1 is 0.626 bits per heavy atom. The quantitative estimate of drug-likeness (QED) is 0.0583. The number of nitrogens with two attached hydrogens (primary N) is 1. The van der Waals surface area contributed by atoms with Crippen LogP contribution in [0.15, 0.2) is 103 Å². The van der Waals surface area contributed by atoms with Crippen LogP contribution in [0, 0.1) is 29.6 Å². The molecular formula is C79H90Cl2N12O22. The molecular weight excluding hydrogens is 1540 g/mol. The minimum atomic E-state index is -2.38. The molecule has 6 heterocycles. The van der Waals surface area contributed by atoms with Crippen molar-refractivity contribution in [3.63, 3.8) is 0 Å². The average Bonchev–Trinajstić information content (AvgIpc) is 0.760. The predicted octanol–water partition coefficient (Wildman–Crippen LogP) is 3.15. The van der Waals surface area contributed by atoms with Crippen LogP contribution in [0.1, 0.15) is 117 Å². The molecule has 15 bridgehead atoms. The van der Waals surface area contributed by atoms with Crippen LogP contribution < -0.4 is 83.2 Å². The minimum Gasteiger partial charge on any atom is -0.508 e. The van der Waals surface area contributed by atoms with E-state index in [0.717, 1.165) is 86.7 Å². The maximum atomic E-state index is 16.4. The van der Waals surface area contributed by atoms with E-state index in [1.165, 1.54) is 55.6 Å². The molecule has 612 valence electrons. The second-order valence-corrected chi connectivity index (χ2v) is 31.2. The highest BCUT2D eigenvalue weighted by Gasteiger charge is 2.51. The van der Waals surface area contributed by atoms with E-state index >= 15 is 28.8 Å². The zero-order chi connectivity index (χ0) is 82.1. The molecule has 6 aliphatic heterocycles. The lowest BCUT2D eigenvalue weighted by Gasteiger charge is -2.54. The largest absolute Gasteiger partial charge is 0.508 e. The fourth-order valence-electron chi connectivity index (χ4n) is 16.4. The molecule has 5 fully saturated rings. The molecule has 0 aromatic heterocycles. The third-order valence-corrected chi connectivity index (χ3v) is 22.6. The standard InChI is InChI=1S/C79H90Cl2N12O22/c1-32(2)17-48(84-4)71(103)92-63-65(98)36-6-13-52(46(80)24-36)112-54-26-40-27-55(70(54)115-78-69(102)68(101)67(100)56(31-82)114-78)113-53-14-7-37(25-47(53)81)66(99)64-77(109)91-62(75(107)88-59-38-19-33-18-34(21-38)22-39(59)20-33)45-28-42(94)29-51(96)58(45)44-23-35(5-12-50(44)95)60(73(105)93-64)90-74(106)61(40)89-72(104)49(86-76(63)108)30-57(97)87-79(110)85-41-8-10-43(11-9-41)111-16-15-83-3/h5-14,23-29,32-34,38-39,48-49,56,59-69,78,83-84,94-96,98-102H,15-22,30-31,82H2,1-4H3,(H,86,108)(H,88,107)(H,89,104)(H,90,106)(H,91,109)(H,92,103)(H,93,105)(H2,85,87,97,110)/t33?,34?,38?,39?,48-,49?,56-,59?,60-,61?,62-,63?,64+,65-,66-,67-,68+,69-,78-/m1/s1. The van der Waals surface area contributed by atoms with Crippen LogP contribution in [0.4, 0.5) is 10.5 Å². The average molecular weight is 1630 g/mol. The number of halogens is 2. The Hall–Kier alpha value is -10.6. The van der Waals surface area contributed by atoms with Gasteiger partial charge in [-0.15, -0.1) is 0 Å². The number of urea groups is 1. The van der Waals surface area contributed by atoms with E-state index in [2.05, 4.69) is 58.5 Å². The normalized spacial score (nSPS) is 27.9. The van der Waals surface area contributed by atoms with Crippen molar-refractivity contribution < 1.29 is 108 Å². The third kappa shape index (κ3) is 17.9. The number of hydrogen-bond donors (Lipinski definition) is 20. The van der Waals surface area contributed by atoms with Gasteiger partial charge in [-0.05, 0) is 189 Å². The van der Waals surface area contributed by atoms with E-state index < -0.39 is 192 Å². The van der Waals surface area contributed by atoms with E-state index in [0.29, 0.717) is 30.7 Å². The van der Waals surface area contributed by atoms with Gasteiger partial charge < -0.3 is 123 Å². The van der Waals surface area contributed by atoms with E-state index in [1.807, 2.05) is 13.8 Å². The summed E-state index contributed by atoms with van der Waals surface area (Å²) in [4.78, 5) is 137. The molecule has 10 amide bonds. The van der Waals surface area contributed by atoms with Crippen LogP contribution in [-0.2, 0) is 43.1 Å². The number of amides is 10. The molecule has 0 spiro atoms. The van der Waals surface area contributed by atoms with Crippen molar-refractivity contribution in [1.29, 1.82) is 0 Å². The van der Waals surface area contributed by atoms with Crippen molar-refractivity contribution in [1.82, 2.24) is 53.2 Å². The van der Waals surface area contributed by atoms with E-state index in [1.54, 1.807) is 7.05 Å². The molecule has 115 heavy (non-hydrogen) atoms. The predicted molar refractivity (Wildman–Crippen MR) is 410 cm³/mol. The molecule has 36 heteroatoms. The van der Waals surface area contributed by atoms with Crippen LogP contribution in [0.5, 0.6) is 51.7 Å². The molecule has 14 atom stereocenters. The van der Waals surface area contributed by atoms with Crippen molar-refractivity contribution in [2.75, 3.05) is 39.1 Å². The Labute approximate surface area is 668 Å². The van der Waals surface area contributed by atoms with Crippen LogP contribution in [0.2, 0.25) is 10.0 Å². The molecule has 6 aromatic rings. The maximum absolute atomic E-state index is 16.4. The molecule has 21 N–H and O–H groups in total. The van der Waals surface area contributed by atoms with Gasteiger partial charge in [0.1, 0.15) is 114 Å². The number of fused-ring (bicyclic) bond motifs is 15. The summed E-state index contributed by atoms with van der Waals surface area (Å²) in [5.41, 5.74) is 3.99. The number of phenols is 3. The first-order valence-electron chi connectivity index (χ1n) is 37.7. The van der Waals surface area contributed by atoms with E-state index in [-0.39, 0.29) is 90.8 Å². The number of carbonyl (C=O) groups is 9. The molecule has 6 aromatic carbocycles. The van der Waals surface area contributed by atoms with Gasteiger partial charge in [0.25, 0.3) is 0 Å². The van der Waals surface area contributed by atoms with Gasteiger partial charge in [0.05, 0.1) is 22.5 Å². The number of aromatic hydroxyl groups is 3. The first-order chi connectivity index (χ1) is 54.9. The number of aliphatic hydroxyl groups excluding tert-OH is 5. The number of imide groups is 1. The van der Waals surface area contributed by atoms with Gasteiger partial charge in [-0.2, -0.15) is 0 Å². The number of ether oxygens (including phenoxy) is 5. The number of hydrogen-bond acceptors (Lipinski definition) is 25. The van der Waals surface area contributed by atoms with Crippen molar-refractivity contribution in [3.05, 3.63) is 141 Å². The Morgan fingerprint density at radius 3 is 1.86 bits per heavy atom. The fraction of sp³-hybridized carbons (Fsp3) is 0.430. The fourth-order valence-corrected chi connectivity index (χ4v) is 16.9. The van der Waals surface area contributed by atoms with Gasteiger partial charge in [0.15, 0.2) is 11.5 Å². The first kappa shape index (κ1) is 82.4. The summed E-state index contributed by atoms with van der Waals surface area (Å²) in [5.74, 6) is -13.0. The van der Waals surface area contributed by atoms with Crippen LogP contribution >= 0.6 is 23.2 Å². The number of benzene rings is 6. The number of nitrogens with one attached hydrogen (secondary N) is 11. The molecule has 16 rings (SSSR count). The number of phenolic OH excluding ortho intramolecular Hbond substituents is 3. The Morgan fingerprint density at radius 2 is 1.24 bits per heavy atom. The van der Waals surface area contributed by atoms with Crippen LogP contribution in [0.3, 0.4) is 0 Å². The van der Waals surface area contributed by atoms with Gasteiger partial charge in [0, 0.05) is 42.0 Å². The number of likely N-dealkylation sites (N-methyl/N-ethyl adjacent to an activating group) is 2. The van der Waals surface area contributed by atoms with Crippen LogP contribution in [-0.4, -0.2) is 189 Å². The summed E-state index contributed by atoms with van der Waals surface area (Å²) in [6, 6.07) is 4.91. The van der Waals surface area contributed by atoms with Crippen molar-refractivity contribution in [3.8, 4) is 62.9 Å². The van der Waals surface area contributed by atoms with Gasteiger partial charge >= 0.3 is 6.03 Å². The van der Waals surface area contributed by atoms with Gasteiger partial charge in [-0.3, -0.25) is 43.7 Å². The van der Waals surface area contributed by atoms with Gasteiger partial charge in [0.2, 0.25) is 59.3 Å². The lowest BCUT2D eigenvalue weighted by molar-refractivity contribution is -0.270. The molecule has 0 radical (unpaired) electrons. The lowest BCUT2D eigenvalue weighted by atomic mass is 9.54. The second kappa shape index (κ2) is 34.8.